The normalized spacial score (nSPS) is 14.2. The van der Waals surface area contributed by atoms with Gasteiger partial charge >= 0.3 is 0 Å². The summed E-state index contributed by atoms with van der Waals surface area (Å²) in [5.74, 6) is -0.408. The van der Waals surface area contributed by atoms with E-state index in [9.17, 15) is 9.90 Å². The second-order valence-electron chi connectivity index (χ2n) is 5.42. The van der Waals surface area contributed by atoms with E-state index in [-0.39, 0.29) is 12.5 Å². The fourth-order valence-corrected chi connectivity index (χ4v) is 2.39. The van der Waals surface area contributed by atoms with E-state index in [0.29, 0.717) is 12.8 Å². The van der Waals surface area contributed by atoms with E-state index in [1.807, 2.05) is 6.07 Å². The van der Waals surface area contributed by atoms with Gasteiger partial charge in [-0.2, -0.15) is 5.10 Å². The minimum Gasteiger partial charge on any atom is -0.391 e. The highest BCUT2D eigenvalue weighted by Gasteiger charge is 2.15. The summed E-state index contributed by atoms with van der Waals surface area (Å²) in [7, 11) is 0. The predicted octanol–water partition coefficient (Wildman–Crippen LogP) is 0.839. The number of primary amides is 1. The zero-order valence-corrected chi connectivity index (χ0v) is 12.0. The Kier molecular flexibility index (Phi) is 5.30. The highest BCUT2D eigenvalue weighted by atomic mass is 16.3. The zero-order chi connectivity index (χ0) is 15.2. The van der Waals surface area contributed by atoms with Crippen LogP contribution in [-0.4, -0.2) is 33.4 Å². The number of carbonyl (C=O) groups excluding carboxylic acids is 1. The number of aliphatic hydroxyl groups excluding tert-OH is 1. The maximum atomic E-state index is 10.7. The number of aromatic nitrogens is 2. The molecule has 0 radical (unpaired) electrons. The van der Waals surface area contributed by atoms with E-state index < -0.39 is 12.0 Å². The molecule has 0 aliphatic carbocycles. The molecular weight excluding hydrogens is 268 g/mol. The number of carbonyl (C=O) groups is 1. The first-order chi connectivity index (χ1) is 10.1. The molecule has 0 bridgehead atoms. The third-order valence-corrected chi connectivity index (χ3v) is 3.69. The lowest BCUT2D eigenvalue weighted by molar-refractivity contribution is -0.118. The lowest BCUT2D eigenvalue weighted by atomic mass is 9.99. The summed E-state index contributed by atoms with van der Waals surface area (Å²) >= 11 is 0. The van der Waals surface area contributed by atoms with Crippen LogP contribution in [0.4, 0.5) is 0 Å². The maximum Gasteiger partial charge on any atom is 0.217 e. The van der Waals surface area contributed by atoms with Crippen LogP contribution >= 0.6 is 0 Å². The number of amides is 1. The van der Waals surface area contributed by atoms with Crippen molar-refractivity contribution in [2.24, 2.45) is 11.5 Å². The number of nitrogens with one attached hydrogen (secondary N) is 1. The smallest absolute Gasteiger partial charge is 0.217 e. The predicted molar refractivity (Wildman–Crippen MR) is 81.4 cm³/mol. The number of aromatic amines is 1. The average molecular weight is 290 g/mol. The Balaban J connectivity index is 1.76. The summed E-state index contributed by atoms with van der Waals surface area (Å²) in [5, 5.41) is 17.8. The van der Waals surface area contributed by atoms with E-state index in [1.165, 1.54) is 5.56 Å². The summed E-state index contributed by atoms with van der Waals surface area (Å²) in [6, 6.07) is 5.87. The van der Waals surface area contributed by atoms with Gasteiger partial charge in [0.05, 0.1) is 17.8 Å². The van der Waals surface area contributed by atoms with Crippen LogP contribution in [-0.2, 0) is 11.2 Å². The van der Waals surface area contributed by atoms with Crippen molar-refractivity contribution >= 4 is 16.8 Å². The SMILES string of the molecule is NC(=O)CCC(O)C(N)CCCc1ccc2[nH]ncc2c1. The van der Waals surface area contributed by atoms with Crippen LogP contribution < -0.4 is 11.5 Å². The Morgan fingerprint density at radius 1 is 1.38 bits per heavy atom. The molecule has 6 nitrogen and oxygen atoms in total. The number of hydrogen-bond donors (Lipinski definition) is 4. The fraction of sp³-hybridized carbons (Fsp3) is 0.467. The number of nitrogens with two attached hydrogens (primary N) is 2. The molecule has 0 aliphatic heterocycles. The van der Waals surface area contributed by atoms with Crippen LogP contribution in [0.3, 0.4) is 0 Å². The van der Waals surface area contributed by atoms with Crippen LogP contribution in [0.25, 0.3) is 10.9 Å². The number of fused-ring (bicyclic) bond motifs is 1. The Bertz CT molecular complexity index is 596. The third kappa shape index (κ3) is 4.54. The monoisotopic (exact) mass is 290 g/mol. The van der Waals surface area contributed by atoms with Gasteiger partial charge in [-0.05, 0) is 43.4 Å². The Labute approximate surface area is 123 Å². The third-order valence-electron chi connectivity index (χ3n) is 3.69. The number of aryl methyl sites for hydroxylation is 1. The molecule has 1 amide bonds. The largest absolute Gasteiger partial charge is 0.391 e. The molecule has 2 atom stereocenters. The molecule has 2 unspecified atom stereocenters. The molecule has 0 aliphatic rings. The fourth-order valence-electron chi connectivity index (χ4n) is 2.39. The first kappa shape index (κ1) is 15.5. The second-order valence-corrected chi connectivity index (χ2v) is 5.42. The molecule has 0 fully saturated rings. The second kappa shape index (κ2) is 7.19. The molecule has 2 rings (SSSR count). The summed E-state index contributed by atoms with van der Waals surface area (Å²) in [6.07, 6.45) is 4.13. The van der Waals surface area contributed by atoms with Crippen molar-refractivity contribution in [2.45, 2.75) is 44.2 Å². The molecule has 1 aromatic carbocycles. The van der Waals surface area contributed by atoms with Crippen LogP contribution in [0.2, 0.25) is 0 Å². The molecule has 1 heterocycles. The zero-order valence-electron chi connectivity index (χ0n) is 12.0. The summed E-state index contributed by atoms with van der Waals surface area (Å²) in [5.41, 5.74) is 13.2. The first-order valence-electron chi connectivity index (χ1n) is 7.20. The van der Waals surface area contributed by atoms with Gasteiger partial charge in [0.1, 0.15) is 0 Å². The Hall–Kier alpha value is -1.92. The molecule has 6 heteroatoms. The number of benzene rings is 1. The van der Waals surface area contributed by atoms with Crippen molar-refractivity contribution in [1.29, 1.82) is 0 Å². The molecule has 0 saturated heterocycles. The lowest BCUT2D eigenvalue weighted by Crippen LogP contribution is -2.35. The van der Waals surface area contributed by atoms with Crippen LogP contribution in [0.5, 0.6) is 0 Å². The molecule has 2 aromatic rings. The number of aliphatic hydroxyl groups is 1. The highest BCUT2D eigenvalue weighted by molar-refractivity contribution is 5.78. The minimum atomic E-state index is -0.672. The number of hydrogen-bond acceptors (Lipinski definition) is 4. The van der Waals surface area contributed by atoms with Crippen LogP contribution in [0, 0.1) is 0 Å². The van der Waals surface area contributed by atoms with Gasteiger partial charge in [0.15, 0.2) is 0 Å². The molecule has 1 aromatic heterocycles. The van der Waals surface area contributed by atoms with Crippen molar-refractivity contribution < 1.29 is 9.90 Å². The van der Waals surface area contributed by atoms with Gasteiger partial charge in [0, 0.05) is 17.8 Å². The number of nitrogens with zero attached hydrogens (tertiary/aromatic N) is 1. The Morgan fingerprint density at radius 2 is 2.19 bits per heavy atom. The highest BCUT2D eigenvalue weighted by Crippen LogP contribution is 2.15. The van der Waals surface area contributed by atoms with Gasteiger partial charge in [-0.3, -0.25) is 9.89 Å². The van der Waals surface area contributed by atoms with E-state index in [2.05, 4.69) is 22.3 Å². The maximum absolute atomic E-state index is 10.7. The van der Waals surface area contributed by atoms with Crippen molar-refractivity contribution in [3.63, 3.8) is 0 Å². The average Bonchev–Trinajstić information content (AvgIpc) is 2.92. The first-order valence-corrected chi connectivity index (χ1v) is 7.20. The van der Waals surface area contributed by atoms with Gasteiger partial charge in [-0.15, -0.1) is 0 Å². The molecule has 0 saturated carbocycles. The molecule has 6 N–H and O–H groups in total. The van der Waals surface area contributed by atoms with Crippen LogP contribution in [0.1, 0.15) is 31.2 Å². The van der Waals surface area contributed by atoms with Crippen molar-refractivity contribution in [3.05, 3.63) is 30.0 Å². The number of H-pyrrole nitrogens is 1. The molecule has 21 heavy (non-hydrogen) atoms. The van der Waals surface area contributed by atoms with E-state index in [0.717, 1.165) is 23.7 Å². The van der Waals surface area contributed by atoms with Gasteiger partial charge in [-0.25, -0.2) is 0 Å². The lowest BCUT2D eigenvalue weighted by Gasteiger charge is -2.18. The molecule has 0 spiro atoms. The van der Waals surface area contributed by atoms with Crippen LogP contribution in [0.15, 0.2) is 24.4 Å². The summed E-state index contributed by atoms with van der Waals surface area (Å²) in [6.45, 7) is 0. The van der Waals surface area contributed by atoms with Crippen molar-refractivity contribution in [3.8, 4) is 0 Å². The van der Waals surface area contributed by atoms with Gasteiger partial charge in [-0.1, -0.05) is 6.07 Å². The minimum absolute atomic E-state index is 0.173. The van der Waals surface area contributed by atoms with Crippen molar-refractivity contribution in [2.75, 3.05) is 0 Å². The van der Waals surface area contributed by atoms with E-state index >= 15 is 0 Å². The van der Waals surface area contributed by atoms with Crippen molar-refractivity contribution in [1.82, 2.24) is 10.2 Å². The number of rotatable bonds is 8. The standard InChI is InChI=1S/C15H22N4O2/c16-12(14(20)6-7-15(17)21)3-1-2-10-4-5-13-11(8-10)9-18-19-13/h4-5,8-9,12,14,20H,1-3,6-7,16H2,(H2,17,21)(H,18,19). The van der Waals surface area contributed by atoms with Gasteiger partial charge < -0.3 is 16.6 Å². The summed E-state index contributed by atoms with van der Waals surface area (Å²) in [4.78, 5) is 10.7. The molecular formula is C15H22N4O2. The quantitative estimate of drug-likeness (QED) is 0.576. The Morgan fingerprint density at radius 3 is 2.95 bits per heavy atom. The van der Waals surface area contributed by atoms with E-state index in [4.69, 9.17) is 11.5 Å². The summed E-state index contributed by atoms with van der Waals surface area (Å²) < 4.78 is 0. The van der Waals surface area contributed by atoms with E-state index in [1.54, 1.807) is 6.20 Å². The van der Waals surface area contributed by atoms with Gasteiger partial charge in [0.2, 0.25) is 5.91 Å². The topological polar surface area (TPSA) is 118 Å². The van der Waals surface area contributed by atoms with Gasteiger partial charge in [0.25, 0.3) is 0 Å². The molecule has 114 valence electrons.